The van der Waals surface area contributed by atoms with E-state index in [1.54, 1.807) is 0 Å². The number of halogens is 2. The van der Waals surface area contributed by atoms with Gasteiger partial charge >= 0.3 is 0 Å². The maximum Gasteiger partial charge on any atom is 0.120 e. The summed E-state index contributed by atoms with van der Waals surface area (Å²) < 4.78 is 5.92. The molecule has 0 aromatic heterocycles. The Morgan fingerprint density at radius 2 is 1.67 bits per heavy atom. The van der Waals surface area contributed by atoms with Crippen molar-refractivity contribution < 1.29 is 14.9 Å². The molecule has 30 heavy (non-hydrogen) atoms. The number of benzene rings is 3. The Morgan fingerprint density at radius 1 is 0.933 bits per heavy atom. The van der Waals surface area contributed by atoms with Gasteiger partial charge in [0.1, 0.15) is 18.6 Å². The van der Waals surface area contributed by atoms with E-state index >= 15 is 0 Å². The monoisotopic (exact) mass is 447 g/mol. The second-order valence-electron chi connectivity index (χ2n) is 7.08. The molecule has 3 aromatic carbocycles. The third-order valence-electron chi connectivity index (χ3n) is 4.97. The molecule has 0 bridgehead atoms. The number of nitrogens with two attached hydrogens (primary N) is 1. The Kier molecular flexibility index (Phi) is 9.63. The van der Waals surface area contributed by atoms with Gasteiger partial charge in [0.05, 0.1) is 0 Å². The van der Waals surface area contributed by atoms with Gasteiger partial charge in [0, 0.05) is 17.5 Å². The Labute approximate surface area is 188 Å². The number of aliphatic hydroxyl groups is 2. The van der Waals surface area contributed by atoms with Crippen LogP contribution in [-0.2, 0) is 13.0 Å². The lowest BCUT2D eigenvalue weighted by molar-refractivity contribution is 0.0674. The molecule has 160 valence electrons. The second-order valence-corrected chi connectivity index (χ2v) is 7.49. The van der Waals surface area contributed by atoms with E-state index in [1.165, 1.54) is 0 Å². The van der Waals surface area contributed by atoms with Gasteiger partial charge in [-0.2, -0.15) is 0 Å². The molecule has 0 spiro atoms. The molecule has 0 saturated heterocycles. The zero-order chi connectivity index (χ0) is 20.6. The van der Waals surface area contributed by atoms with Crippen molar-refractivity contribution in [2.75, 3.05) is 6.61 Å². The zero-order valence-corrected chi connectivity index (χ0v) is 18.1. The number of ether oxygens (including phenoxy) is 1. The van der Waals surface area contributed by atoms with E-state index in [2.05, 4.69) is 0 Å². The highest BCUT2D eigenvalue weighted by molar-refractivity contribution is 6.31. The Morgan fingerprint density at radius 3 is 2.33 bits per heavy atom. The smallest absolute Gasteiger partial charge is 0.120 e. The molecule has 0 aliphatic heterocycles. The molecule has 6 heteroatoms. The van der Waals surface area contributed by atoms with E-state index in [4.69, 9.17) is 22.1 Å². The molecule has 0 saturated carbocycles. The van der Waals surface area contributed by atoms with Crippen molar-refractivity contribution in [1.82, 2.24) is 0 Å². The van der Waals surface area contributed by atoms with Crippen LogP contribution in [0.1, 0.15) is 17.5 Å². The number of aliphatic hydroxyl groups excluding tert-OH is 2. The van der Waals surface area contributed by atoms with Crippen LogP contribution < -0.4 is 10.5 Å². The Bertz CT molecular complexity index is 919. The molecule has 0 radical (unpaired) electrons. The third kappa shape index (κ3) is 6.73. The normalized spacial score (nSPS) is 12.7. The average Bonchev–Trinajstić information content (AvgIpc) is 2.74. The summed E-state index contributed by atoms with van der Waals surface area (Å²) in [6.07, 6.45) is 0.172. The van der Waals surface area contributed by atoms with Crippen molar-refractivity contribution >= 4 is 24.0 Å². The van der Waals surface area contributed by atoms with Crippen LogP contribution in [0, 0.1) is 5.92 Å². The first kappa shape index (κ1) is 24.2. The van der Waals surface area contributed by atoms with E-state index in [0.29, 0.717) is 24.5 Å². The Balaban J connectivity index is 0.00000320. The third-order valence-corrected chi connectivity index (χ3v) is 5.32. The summed E-state index contributed by atoms with van der Waals surface area (Å²) in [5.41, 5.74) is 9.58. The van der Waals surface area contributed by atoms with Gasteiger partial charge in [0.2, 0.25) is 0 Å². The molecule has 2 atom stereocenters. The van der Waals surface area contributed by atoms with Crippen molar-refractivity contribution in [3.05, 3.63) is 88.9 Å². The summed E-state index contributed by atoms with van der Waals surface area (Å²) >= 11 is 6.48. The minimum atomic E-state index is -1.03. The predicted octanol–water partition coefficient (Wildman–Crippen LogP) is 4.83. The first-order valence-electron chi connectivity index (χ1n) is 9.67. The summed E-state index contributed by atoms with van der Waals surface area (Å²) in [4.78, 5) is 0. The summed E-state index contributed by atoms with van der Waals surface area (Å²) in [6, 6.07) is 23.9. The molecule has 0 fully saturated rings. The van der Waals surface area contributed by atoms with Gasteiger partial charge in [-0.15, -0.1) is 12.4 Å². The molecule has 3 rings (SSSR count). The summed E-state index contributed by atoms with van der Waals surface area (Å²) in [5.74, 6) is 0.443. The molecule has 0 heterocycles. The fourth-order valence-electron chi connectivity index (χ4n) is 3.15. The maximum absolute atomic E-state index is 9.47. The van der Waals surface area contributed by atoms with E-state index in [9.17, 15) is 10.2 Å². The van der Waals surface area contributed by atoms with Crippen LogP contribution in [0.2, 0.25) is 5.02 Å². The molecule has 3 aromatic rings. The van der Waals surface area contributed by atoms with Gasteiger partial charge in [-0.05, 0) is 53.3 Å². The van der Waals surface area contributed by atoms with Crippen molar-refractivity contribution in [2.24, 2.45) is 11.7 Å². The lowest BCUT2D eigenvalue weighted by Gasteiger charge is -2.17. The SMILES string of the molecule is Cl.NC(O)C(CO)CCc1ccc(-c2cccc(OCc3ccccc3)c2)cc1Cl. The molecular weight excluding hydrogens is 421 g/mol. The predicted molar refractivity (Wildman–Crippen MR) is 124 cm³/mol. The van der Waals surface area contributed by atoms with Crippen LogP contribution in [0.4, 0.5) is 0 Å². The number of hydrogen-bond acceptors (Lipinski definition) is 4. The second kappa shape index (κ2) is 11.9. The van der Waals surface area contributed by atoms with Crippen molar-refractivity contribution in [3.63, 3.8) is 0 Å². The van der Waals surface area contributed by atoms with Crippen LogP contribution in [0.25, 0.3) is 11.1 Å². The molecule has 4 nitrogen and oxygen atoms in total. The largest absolute Gasteiger partial charge is 0.489 e. The van der Waals surface area contributed by atoms with Crippen molar-refractivity contribution in [1.29, 1.82) is 0 Å². The molecule has 0 aliphatic rings. The van der Waals surface area contributed by atoms with Gasteiger partial charge in [0.25, 0.3) is 0 Å². The molecule has 2 unspecified atom stereocenters. The number of aryl methyl sites for hydroxylation is 1. The van der Waals surface area contributed by atoms with Gasteiger partial charge in [-0.3, -0.25) is 0 Å². The van der Waals surface area contributed by atoms with Crippen molar-refractivity contribution in [2.45, 2.75) is 25.7 Å². The van der Waals surface area contributed by atoms with Gasteiger partial charge in [-0.1, -0.05) is 66.2 Å². The number of hydrogen-bond donors (Lipinski definition) is 3. The zero-order valence-electron chi connectivity index (χ0n) is 16.6. The van der Waals surface area contributed by atoms with Crippen LogP contribution >= 0.6 is 24.0 Å². The van der Waals surface area contributed by atoms with E-state index in [-0.39, 0.29) is 24.9 Å². The highest BCUT2D eigenvalue weighted by Crippen LogP contribution is 2.29. The first-order chi connectivity index (χ1) is 14.1. The lowest BCUT2D eigenvalue weighted by atomic mass is 9.97. The van der Waals surface area contributed by atoms with E-state index in [0.717, 1.165) is 28.0 Å². The molecule has 0 amide bonds. The fourth-order valence-corrected chi connectivity index (χ4v) is 3.42. The minimum Gasteiger partial charge on any atom is -0.489 e. The summed E-state index contributed by atoms with van der Waals surface area (Å²) in [7, 11) is 0. The molecule has 4 N–H and O–H groups in total. The standard InChI is InChI=1S/C24H26ClNO3.ClH/c25-23-14-20(11-9-18(23)10-12-21(15-27)24(26)28)19-7-4-8-22(13-19)29-16-17-5-2-1-3-6-17;/h1-9,11,13-14,21,24,27-28H,10,12,15-16,26H2;1H. The summed E-state index contributed by atoms with van der Waals surface area (Å²) in [5, 5.41) is 19.4. The lowest BCUT2D eigenvalue weighted by Crippen LogP contribution is -2.32. The van der Waals surface area contributed by atoms with Crippen LogP contribution in [0.5, 0.6) is 5.75 Å². The van der Waals surface area contributed by atoms with Crippen LogP contribution in [-0.4, -0.2) is 23.0 Å². The van der Waals surface area contributed by atoms with E-state index in [1.807, 2.05) is 72.8 Å². The van der Waals surface area contributed by atoms with E-state index < -0.39 is 6.23 Å². The van der Waals surface area contributed by atoms with Gasteiger partial charge in [0.15, 0.2) is 0 Å². The fraction of sp³-hybridized carbons (Fsp3) is 0.250. The van der Waals surface area contributed by atoms with Gasteiger partial charge in [-0.25, -0.2) is 0 Å². The minimum absolute atomic E-state index is 0. The molecular formula is C24H27Cl2NO3. The quantitative estimate of drug-likeness (QED) is 0.410. The summed E-state index contributed by atoms with van der Waals surface area (Å²) in [6.45, 7) is 0.367. The topological polar surface area (TPSA) is 75.7 Å². The van der Waals surface area contributed by atoms with Crippen molar-refractivity contribution in [3.8, 4) is 16.9 Å². The Hall–Kier alpha value is -2.08. The first-order valence-corrected chi connectivity index (χ1v) is 10.0. The average molecular weight is 448 g/mol. The van der Waals surface area contributed by atoms with Crippen LogP contribution in [0.15, 0.2) is 72.8 Å². The maximum atomic E-state index is 9.47. The highest BCUT2D eigenvalue weighted by atomic mass is 35.5. The van der Waals surface area contributed by atoms with Crippen LogP contribution in [0.3, 0.4) is 0 Å². The molecule has 0 aliphatic carbocycles. The van der Waals surface area contributed by atoms with Gasteiger partial charge < -0.3 is 20.7 Å². The highest BCUT2D eigenvalue weighted by Gasteiger charge is 2.15. The number of rotatable bonds is 9.